The molecule has 0 aliphatic heterocycles. The number of hydrogen-bond donors (Lipinski definition) is 1. The molecule has 8 heteroatoms. The lowest BCUT2D eigenvalue weighted by Gasteiger charge is -2.17. The molecule has 1 rings (SSSR count). The van der Waals surface area contributed by atoms with Gasteiger partial charge in [-0.25, -0.2) is 18.2 Å². The first kappa shape index (κ1) is 15.6. The maximum Gasteiger partial charge on any atom is 0.340 e. The third-order valence-corrected chi connectivity index (χ3v) is 2.18. The predicted molar refractivity (Wildman–Crippen MR) is 58.0 cm³/mol. The molecule has 0 saturated carbocycles. The van der Waals surface area contributed by atoms with E-state index < -0.39 is 24.8 Å². The third kappa shape index (κ3) is 4.62. The molecule has 1 heterocycles. The van der Waals surface area contributed by atoms with E-state index in [1.165, 1.54) is 0 Å². The molecule has 19 heavy (non-hydrogen) atoms. The van der Waals surface area contributed by atoms with Gasteiger partial charge in [-0.3, -0.25) is 0 Å². The lowest BCUT2D eigenvalue weighted by molar-refractivity contribution is -0.148. The highest BCUT2D eigenvalue weighted by Gasteiger charge is 2.42. The lowest BCUT2D eigenvalue weighted by atomic mass is 10.2. The Morgan fingerprint density at radius 3 is 2.68 bits per heavy atom. The number of nitrogens with one attached hydrogen (secondary N) is 1. The molecule has 0 atom stereocenters. The normalized spacial score (nSPS) is 11.9. The molecule has 0 radical (unpaired) electrons. The van der Waals surface area contributed by atoms with Crippen molar-refractivity contribution in [3.63, 3.8) is 0 Å². The van der Waals surface area contributed by atoms with Gasteiger partial charge in [-0.1, -0.05) is 6.92 Å². The van der Waals surface area contributed by atoms with Crippen LogP contribution in [0.5, 0.6) is 5.88 Å². The van der Waals surface area contributed by atoms with E-state index in [9.17, 15) is 22.0 Å². The summed E-state index contributed by atoms with van der Waals surface area (Å²) in [6.07, 6.45) is -3.06. The standard InChI is InChI=1S/C11H13F5N2O/c1-2-17-4-7-3-8(12)5-18-9(7)19-6-11(15,16)10(13)14/h3,5,10,17H,2,4,6H2,1H3. The van der Waals surface area contributed by atoms with Gasteiger partial charge in [0.2, 0.25) is 5.88 Å². The van der Waals surface area contributed by atoms with E-state index in [-0.39, 0.29) is 18.0 Å². The summed E-state index contributed by atoms with van der Waals surface area (Å²) in [5, 5.41) is 2.83. The van der Waals surface area contributed by atoms with Crippen molar-refractivity contribution in [2.75, 3.05) is 13.2 Å². The van der Waals surface area contributed by atoms with Gasteiger partial charge in [0.25, 0.3) is 0 Å². The Balaban J connectivity index is 2.77. The molecule has 1 aromatic heterocycles. The maximum absolute atomic E-state index is 13.0. The second-order valence-electron chi connectivity index (χ2n) is 3.75. The van der Waals surface area contributed by atoms with Crippen LogP contribution in [0.4, 0.5) is 22.0 Å². The SMILES string of the molecule is CCNCc1cc(F)cnc1OCC(F)(F)C(F)F. The Hall–Kier alpha value is -1.44. The fourth-order valence-electron chi connectivity index (χ4n) is 1.21. The first-order valence-corrected chi connectivity index (χ1v) is 5.50. The number of hydrogen-bond acceptors (Lipinski definition) is 3. The number of aromatic nitrogens is 1. The van der Waals surface area contributed by atoms with Crippen molar-refractivity contribution in [3.8, 4) is 5.88 Å². The van der Waals surface area contributed by atoms with E-state index in [1.807, 2.05) is 0 Å². The number of ether oxygens (including phenoxy) is 1. The molecular weight excluding hydrogens is 271 g/mol. The monoisotopic (exact) mass is 284 g/mol. The van der Waals surface area contributed by atoms with E-state index in [0.717, 1.165) is 12.3 Å². The van der Waals surface area contributed by atoms with Crippen LogP contribution in [-0.2, 0) is 6.54 Å². The van der Waals surface area contributed by atoms with E-state index in [1.54, 1.807) is 6.92 Å². The Morgan fingerprint density at radius 2 is 2.11 bits per heavy atom. The third-order valence-electron chi connectivity index (χ3n) is 2.18. The van der Waals surface area contributed by atoms with Gasteiger partial charge in [0.15, 0.2) is 6.61 Å². The predicted octanol–water partition coefficient (Wildman–Crippen LogP) is 2.61. The van der Waals surface area contributed by atoms with E-state index >= 15 is 0 Å². The minimum Gasteiger partial charge on any atom is -0.471 e. The zero-order valence-electron chi connectivity index (χ0n) is 10.1. The summed E-state index contributed by atoms with van der Waals surface area (Å²) in [6.45, 7) is 0.973. The average Bonchev–Trinajstić information content (AvgIpc) is 2.35. The highest BCUT2D eigenvalue weighted by Crippen LogP contribution is 2.25. The molecule has 0 spiro atoms. The molecule has 0 bridgehead atoms. The fourth-order valence-corrected chi connectivity index (χ4v) is 1.21. The number of pyridine rings is 1. The van der Waals surface area contributed by atoms with Crippen molar-refractivity contribution in [3.05, 3.63) is 23.6 Å². The van der Waals surface area contributed by atoms with Crippen molar-refractivity contribution in [1.29, 1.82) is 0 Å². The summed E-state index contributed by atoms with van der Waals surface area (Å²) in [5.74, 6) is -5.23. The molecule has 0 aliphatic carbocycles. The van der Waals surface area contributed by atoms with Crippen molar-refractivity contribution in [1.82, 2.24) is 10.3 Å². The zero-order valence-corrected chi connectivity index (χ0v) is 10.1. The van der Waals surface area contributed by atoms with Crippen molar-refractivity contribution in [2.45, 2.75) is 25.8 Å². The van der Waals surface area contributed by atoms with Gasteiger partial charge in [-0.05, 0) is 12.6 Å². The van der Waals surface area contributed by atoms with Gasteiger partial charge in [0, 0.05) is 12.1 Å². The van der Waals surface area contributed by atoms with Crippen LogP contribution >= 0.6 is 0 Å². The molecule has 0 fully saturated rings. The minimum absolute atomic E-state index is 0.136. The maximum atomic E-state index is 13.0. The largest absolute Gasteiger partial charge is 0.471 e. The van der Waals surface area contributed by atoms with E-state index in [0.29, 0.717) is 6.54 Å². The quantitative estimate of drug-likeness (QED) is 0.782. The summed E-state index contributed by atoms with van der Waals surface area (Å²) in [4.78, 5) is 3.48. The van der Waals surface area contributed by atoms with Gasteiger partial charge in [-0.15, -0.1) is 0 Å². The van der Waals surface area contributed by atoms with Gasteiger partial charge in [0.1, 0.15) is 5.82 Å². The van der Waals surface area contributed by atoms with Crippen molar-refractivity contribution < 1.29 is 26.7 Å². The van der Waals surface area contributed by atoms with E-state index in [4.69, 9.17) is 0 Å². The average molecular weight is 284 g/mol. The Bertz CT molecular complexity index is 414. The summed E-state index contributed by atoms with van der Waals surface area (Å²) < 4.78 is 66.9. The molecule has 0 saturated heterocycles. The molecule has 3 nitrogen and oxygen atoms in total. The summed E-state index contributed by atoms with van der Waals surface area (Å²) in [6, 6.07) is 1.05. The smallest absolute Gasteiger partial charge is 0.340 e. The van der Waals surface area contributed by atoms with Crippen molar-refractivity contribution >= 4 is 0 Å². The van der Waals surface area contributed by atoms with Crippen LogP contribution < -0.4 is 10.1 Å². The number of nitrogens with zero attached hydrogens (tertiary/aromatic N) is 1. The first-order chi connectivity index (χ1) is 8.86. The molecule has 0 unspecified atom stereocenters. The summed E-state index contributed by atoms with van der Waals surface area (Å²) in [7, 11) is 0. The number of rotatable bonds is 7. The van der Waals surface area contributed by atoms with Crippen LogP contribution in [0.15, 0.2) is 12.3 Å². The van der Waals surface area contributed by atoms with Gasteiger partial charge >= 0.3 is 12.3 Å². The topological polar surface area (TPSA) is 34.2 Å². The fraction of sp³-hybridized carbons (Fsp3) is 0.545. The molecule has 108 valence electrons. The van der Waals surface area contributed by atoms with Crippen LogP contribution in [0.3, 0.4) is 0 Å². The van der Waals surface area contributed by atoms with Crippen LogP contribution in [0.1, 0.15) is 12.5 Å². The zero-order chi connectivity index (χ0) is 14.5. The van der Waals surface area contributed by atoms with Crippen molar-refractivity contribution in [2.24, 2.45) is 0 Å². The van der Waals surface area contributed by atoms with Crippen LogP contribution in [0.25, 0.3) is 0 Å². The van der Waals surface area contributed by atoms with Gasteiger partial charge in [0.05, 0.1) is 6.20 Å². The molecule has 1 N–H and O–H groups in total. The second-order valence-corrected chi connectivity index (χ2v) is 3.75. The summed E-state index contributed by atoms with van der Waals surface area (Å²) >= 11 is 0. The molecule has 0 aliphatic rings. The Labute approximate surface area is 106 Å². The lowest BCUT2D eigenvalue weighted by Crippen LogP contribution is -2.34. The molecule has 0 aromatic carbocycles. The first-order valence-electron chi connectivity index (χ1n) is 5.50. The van der Waals surface area contributed by atoms with Gasteiger partial charge < -0.3 is 10.1 Å². The molecule has 0 amide bonds. The Kier molecular flexibility index (Phi) is 5.46. The van der Waals surface area contributed by atoms with Crippen LogP contribution in [0.2, 0.25) is 0 Å². The van der Waals surface area contributed by atoms with Crippen LogP contribution in [0, 0.1) is 5.82 Å². The Morgan fingerprint density at radius 1 is 1.42 bits per heavy atom. The highest BCUT2D eigenvalue weighted by atomic mass is 19.3. The van der Waals surface area contributed by atoms with Crippen LogP contribution in [-0.4, -0.2) is 30.5 Å². The molecular formula is C11H13F5N2O. The van der Waals surface area contributed by atoms with Gasteiger partial charge in [-0.2, -0.15) is 8.78 Å². The minimum atomic E-state index is -4.27. The second kappa shape index (κ2) is 6.65. The number of alkyl halides is 4. The van der Waals surface area contributed by atoms with E-state index in [2.05, 4.69) is 15.0 Å². The number of halogens is 5. The molecule has 1 aromatic rings. The summed E-state index contributed by atoms with van der Waals surface area (Å²) in [5.41, 5.74) is 0.187. The highest BCUT2D eigenvalue weighted by molar-refractivity contribution is 5.26.